The third-order valence-corrected chi connectivity index (χ3v) is 18.5. The molecule has 2 unspecified atom stereocenters. The fourth-order valence-corrected chi connectivity index (χ4v) is 11.9. The molecule has 1 saturated heterocycles. The van der Waals surface area contributed by atoms with Gasteiger partial charge in [-0.3, -0.25) is 4.90 Å². The highest BCUT2D eigenvalue weighted by molar-refractivity contribution is 4.95. The molecule has 0 aromatic heterocycles. The molecule has 0 radical (unpaired) electrons. The summed E-state index contributed by atoms with van der Waals surface area (Å²) in [6.45, 7) is 26.8. The molecule has 1 heterocycles. The number of rotatable bonds is 74. The molecule has 0 bridgehead atoms. The molecule has 0 aromatic rings. The van der Waals surface area contributed by atoms with Gasteiger partial charge in [0.2, 0.25) is 0 Å². The maximum atomic E-state index is 6.38. The van der Waals surface area contributed by atoms with Crippen molar-refractivity contribution in [3.8, 4) is 0 Å². The first kappa shape index (κ1) is 92.6. The van der Waals surface area contributed by atoms with Crippen LogP contribution >= 0.6 is 0 Å². The highest BCUT2D eigenvalue weighted by atomic mass is 16.5. The van der Waals surface area contributed by atoms with E-state index < -0.39 is 0 Å². The van der Waals surface area contributed by atoms with Crippen LogP contribution in [-0.4, -0.2) is 114 Å². The van der Waals surface area contributed by atoms with Gasteiger partial charge in [0, 0.05) is 52.6 Å². The number of hydrogen-bond donors (Lipinski definition) is 0. The van der Waals surface area contributed by atoms with Crippen molar-refractivity contribution >= 4 is 0 Å². The first-order valence-electron chi connectivity index (χ1n) is 41.8. The van der Waals surface area contributed by atoms with E-state index in [4.69, 9.17) is 23.7 Å². The summed E-state index contributed by atoms with van der Waals surface area (Å²) in [5.74, 6) is 0. The number of unbranched alkanes of at least 4 members (excludes halogenated alkanes) is 36. The Balaban J connectivity index is 0.00000186. The first-order valence-corrected chi connectivity index (χ1v) is 41.8. The highest BCUT2D eigenvalue weighted by Crippen LogP contribution is 2.16. The third-order valence-electron chi connectivity index (χ3n) is 18.5. The van der Waals surface area contributed by atoms with Crippen molar-refractivity contribution < 1.29 is 23.7 Å². The maximum Gasteiger partial charge on any atom is 0.0820 e. The van der Waals surface area contributed by atoms with Crippen molar-refractivity contribution in [3.63, 3.8) is 0 Å². The number of allylic oxidation sites excluding steroid dienone is 16. The summed E-state index contributed by atoms with van der Waals surface area (Å²) < 4.78 is 30.5. The molecule has 0 amide bonds. The lowest BCUT2D eigenvalue weighted by atomic mass is 10.1. The Kier molecular flexibility index (Phi) is 82.0. The van der Waals surface area contributed by atoms with Crippen LogP contribution in [0.3, 0.4) is 0 Å². The van der Waals surface area contributed by atoms with E-state index in [0.717, 1.165) is 131 Å². The molecular weight excluding hydrogens is 1160 g/mol. The fourth-order valence-electron chi connectivity index (χ4n) is 11.9. The van der Waals surface area contributed by atoms with E-state index in [1.165, 1.54) is 283 Å². The lowest BCUT2D eigenvalue weighted by molar-refractivity contribution is -0.0319. The zero-order valence-electron chi connectivity index (χ0n) is 64.6. The topological polar surface area (TPSA) is 52.6 Å². The minimum absolute atomic E-state index is 0.218. The fraction of sp³-hybridized carbons (Fsp3) is 0.818. The average molecular weight is 1330 g/mol. The van der Waals surface area contributed by atoms with Crippen molar-refractivity contribution in [2.24, 2.45) is 0 Å². The van der Waals surface area contributed by atoms with E-state index in [0.29, 0.717) is 0 Å². The van der Waals surface area contributed by atoms with Gasteiger partial charge >= 0.3 is 0 Å². The zero-order valence-corrected chi connectivity index (χ0v) is 64.6. The molecule has 7 nitrogen and oxygen atoms in total. The van der Waals surface area contributed by atoms with E-state index in [1.807, 2.05) is 0 Å². The molecule has 0 N–H and O–H groups in total. The van der Waals surface area contributed by atoms with Crippen LogP contribution in [0, 0.1) is 0 Å². The molecule has 0 aliphatic carbocycles. The highest BCUT2D eigenvalue weighted by Gasteiger charge is 2.16. The quantitative estimate of drug-likeness (QED) is 0.0444. The van der Waals surface area contributed by atoms with E-state index in [-0.39, 0.29) is 12.2 Å². The zero-order chi connectivity index (χ0) is 68.4. The van der Waals surface area contributed by atoms with E-state index >= 15 is 0 Å². The second kappa shape index (κ2) is 84.1. The summed E-state index contributed by atoms with van der Waals surface area (Å²) in [7, 11) is 0. The van der Waals surface area contributed by atoms with Crippen LogP contribution in [0.1, 0.15) is 363 Å². The maximum absolute atomic E-state index is 6.38. The van der Waals surface area contributed by atoms with Crippen LogP contribution in [0.15, 0.2) is 97.2 Å². The van der Waals surface area contributed by atoms with Crippen LogP contribution in [0.4, 0.5) is 0 Å². The van der Waals surface area contributed by atoms with Crippen molar-refractivity contribution in [3.05, 3.63) is 97.2 Å². The molecule has 1 aliphatic rings. The van der Waals surface area contributed by atoms with Crippen LogP contribution < -0.4 is 0 Å². The summed E-state index contributed by atoms with van der Waals surface area (Å²) in [4.78, 5) is 5.02. The van der Waals surface area contributed by atoms with Gasteiger partial charge in [0.25, 0.3) is 0 Å². The third kappa shape index (κ3) is 77.2. The Morgan fingerprint density at radius 3 is 0.863 bits per heavy atom. The van der Waals surface area contributed by atoms with Gasteiger partial charge in [-0.1, -0.05) is 293 Å². The van der Waals surface area contributed by atoms with Gasteiger partial charge in [0.15, 0.2) is 0 Å². The van der Waals surface area contributed by atoms with Gasteiger partial charge in [0.05, 0.1) is 38.6 Å². The molecule has 7 heteroatoms. The summed E-state index contributed by atoms with van der Waals surface area (Å²) in [5, 5.41) is 0. The molecule has 1 fully saturated rings. The SMILES string of the molecule is CCCCC/C=C\C/C=C\CCCCCCCCOCC(CCN(CC)CC)OCCCCCCCC/C=C\C/C=C\CCCCC.CCCCC/C=C\C/C=C\CCCCCCCCOCC(CCN1CCOCC1)OCCCCCCCC/C=C\C/C=C\CCCCC. The lowest BCUT2D eigenvalue weighted by Crippen LogP contribution is -2.38. The predicted octanol–water partition coefficient (Wildman–Crippen LogP) is 26.5. The molecule has 1 aliphatic heterocycles. The van der Waals surface area contributed by atoms with E-state index in [1.54, 1.807) is 0 Å². The molecular formula is C88H164N2O5. The first-order chi connectivity index (χ1) is 47.1. The summed E-state index contributed by atoms with van der Waals surface area (Å²) in [5.41, 5.74) is 0. The molecule has 95 heavy (non-hydrogen) atoms. The average Bonchev–Trinajstić information content (AvgIpc) is 3.64. The van der Waals surface area contributed by atoms with Gasteiger partial charge < -0.3 is 28.6 Å². The predicted molar refractivity (Wildman–Crippen MR) is 423 cm³/mol. The van der Waals surface area contributed by atoms with Gasteiger partial charge in [-0.2, -0.15) is 0 Å². The van der Waals surface area contributed by atoms with Crippen LogP contribution in [0.2, 0.25) is 0 Å². The number of nitrogens with zero attached hydrogens (tertiary/aromatic N) is 2. The second-order valence-corrected chi connectivity index (χ2v) is 27.5. The van der Waals surface area contributed by atoms with Crippen molar-refractivity contribution in [1.29, 1.82) is 0 Å². The smallest absolute Gasteiger partial charge is 0.0820 e. The van der Waals surface area contributed by atoms with Gasteiger partial charge in [0.1, 0.15) is 0 Å². The Morgan fingerprint density at radius 1 is 0.305 bits per heavy atom. The van der Waals surface area contributed by atoms with Gasteiger partial charge in [-0.15, -0.1) is 0 Å². The lowest BCUT2D eigenvalue weighted by Gasteiger charge is -2.28. The van der Waals surface area contributed by atoms with Crippen molar-refractivity contribution in [1.82, 2.24) is 9.80 Å². The summed E-state index contributed by atoms with van der Waals surface area (Å²) in [6, 6.07) is 0. The minimum atomic E-state index is 0.218. The largest absolute Gasteiger partial charge is 0.379 e. The Morgan fingerprint density at radius 2 is 0.568 bits per heavy atom. The molecule has 0 aromatic carbocycles. The molecule has 0 saturated carbocycles. The minimum Gasteiger partial charge on any atom is -0.379 e. The van der Waals surface area contributed by atoms with Crippen LogP contribution in [-0.2, 0) is 23.7 Å². The summed E-state index contributed by atoms with van der Waals surface area (Å²) >= 11 is 0. The van der Waals surface area contributed by atoms with E-state index in [2.05, 4.69) is 149 Å². The standard InChI is InChI=1S/C44H81NO3.C44H83NO2/c1-3-5-7-9-11-13-15-17-19-21-23-25-27-29-31-33-39-47-43-44(35-36-45-37-41-46-42-38-45)48-40-34-32-30-28-26-24-22-20-18-16-14-12-10-8-6-4-2;1-5-9-11-13-15-17-19-21-23-25-27-29-31-33-35-37-41-46-43-44(39-40-45(7-3)8-4)47-42-38-36-34-32-30-28-26-24-22-20-18-16-14-12-10-6-2/h11-14,17-20,44H,3-10,15-16,21-43H2,1-2H3;15-18,21-24,44H,5-14,19-20,25-43H2,1-4H3/b13-11-,14-12-,19-17-,20-18-;17-15-,18-16-,23-21-,24-22-. The van der Waals surface area contributed by atoms with Crippen LogP contribution in [0.25, 0.3) is 0 Å². The Bertz CT molecular complexity index is 1670. The van der Waals surface area contributed by atoms with Crippen molar-refractivity contribution in [2.45, 2.75) is 375 Å². The van der Waals surface area contributed by atoms with Gasteiger partial charge in [-0.25, -0.2) is 0 Å². The molecule has 0 spiro atoms. The Labute approximate surface area is 594 Å². The monoisotopic (exact) mass is 1330 g/mol. The normalized spacial score (nSPS) is 14.2. The van der Waals surface area contributed by atoms with Crippen LogP contribution in [0.5, 0.6) is 0 Å². The van der Waals surface area contributed by atoms with Crippen molar-refractivity contribution in [2.75, 3.05) is 92.1 Å². The molecule has 2 atom stereocenters. The molecule has 1 rings (SSSR count). The second-order valence-electron chi connectivity index (χ2n) is 27.5. The number of ether oxygens (including phenoxy) is 5. The Hall–Kier alpha value is -2.36. The van der Waals surface area contributed by atoms with Gasteiger partial charge in [-0.05, 0) is 180 Å². The number of hydrogen-bond acceptors (Lipinski definition) is 7. The number of morpholine rings is 1. The molecule has 556 valence electrons. The van der Waals surface area contributed by atoms with E-state index in [9.17, 15) is 0 Å². The summed E-state index contributed by atoms with van der Waals surface area (Å²) in [6.07, 6.45) is 102.